The summed E-state index contributed by atoms with van der Waals surface area (Å²) < 4.78 is 20.9. The van der Waals surface area contributed by atoms with Gasteiger partial charge in [0.05, 0.1) is 12.4 Å². The number of hydrogen-bond donors (Lipinski definition) is 2. The summed E-state index contributed by atoms with van der Waals surface area (Å²) in [7, 11) is 0. The first-order valence-corrected chi connectivity index (χ1v) is 6.19. The van der Waals surface area contributed by atoms with Crippen LogP contribution in [0.4, 0.5) is 4.39 Å². The van der Waals surface area contributed by atoms with Gasteiger partial charge in [-0.15, -0.1) is 0 Å². The first-order chi connectivity index (χ1) is 9.11. The van der Waals surface area contributed by atoms with Gasteiger partial charge < -0.3 is 19.4 Å². The number of aliphatic hydroxyl groups is 1. The molecular formula is C12H14FN3O3. The Bertz CT molecular complexity index is 666. The molecule has 1 saturated heterocycles. The molecule has 102 valence electrons. The van der Waals surface area contributed by atoms with Gasteiger partial charge in [0.15, 0.2) is 17.7 Å². The summed E-state index contributed by atoms with van der Waals surface area (Å²) in [6, 6.07) is 0. The normalized spacial score (nSPS) is 27.2. The molecule has 2 N–H and O–H groups in total. The summed E-state index contributed by atoms with van der Waals surface area (Å²) in [5.41, 5.74) is -0.358. The minimum atomic E-state index is -0.735. The zero-order chi connectivity index (χ0) is 13.6. The third kappa shape index (κ3) is 1.85. The quantitative estimate of drug-likeness (QED) is 0.848. The van der Waals surface area contributed by atoms with E-state index in [1.165, 1.54) is 10.9 Å². The van der Waals surface area contributed by atoms with Gasteiger partial charge in [0.2, 0.25) is 0 Å². The summed E-state index contributed by atoms with van der Waals surface area (Å²) in [6.45, 7) is 1.96. The van der Waals surface area contributed by atoms with Crippen LogP contribution in [0.5, 0.6) is 0 Å². The second kappa shape index (κ2) is 4.43. The van der Waals surface area contributed by atoms with Crippen LogP contribution < -0.4 is 5.56 Å². The first-order valence-electron chi connectivity index (χ1n) is 6.19. The molecule has 3 heterocycles. The van der Waals surface area contributed by atoms with Gasteiger partial charge in [-0.2, -0.15) is 0 Å². The molecule has 0 bridgehead atoms. The molecule has 0 aliphatic carbocycles. The van der Waals surface area contributed by atoms with Crippen LogP contribution in [0.15, 0.2) is 17.3 Å². The molecule has 0 saturated carbocycles. The van der Waals surface area contributed by atoms with Crippen molar-refractivity contribution in [1.29, 1.82) is 0 Å². The average Bonchev–Trinajstić information content (AvgIpc) is 2.91. The topological polar surface area (TPSA) is 80.1 Å². The molecule has 3 atom stereocenters. The van der Waals surface area contributed by atoms with Crippen LogP contribution in [-0.4, -0.2) is 31.8 Å². The number of hydrogen-bond acceptors (Lipinski definition) is 4. The lowest BCUT2D eigenvalue weighted by molar-refractivity contribution is -0.0354. The Morgan fingerprint density at radius 2 is 2.47 bits per heavy atom. The van der Waals surface area contributed by atoms with Crippen LogP contribution in [0.2, 0.25) is 0 Å². The van der Waals surface area contributed by atoms with Crippen molar-refractivity contribution in [2.45, 2.75) is 38.2 Å². The summed E-state index contributed by atoms with van der Waals surface area (Å²) >= 11 is 0. The molecule has 0 amide bonds. The van der Waals surface area contributed by atoms with E-state index in [1.807, 2.05) is 6.92 Å². The maximum atomic E-state index is 13.8. The Morgan fingerprint density at radius 3 is 3.16 bits per heavy atom. The largest absolute Gasteiger partial charge is 0.388 e. The van der Waals surface area contributed by atoms with Crippen LogP contribution in [-0.2, 0) is 4.74 Å². The molecule has 0 unspecified atom stereocenters. The molecule has 19 heavy (non-hydrogen) atoms. The molecule has 1 fully saturated rings. The summed E-state index contributed by atoms with van der Waals surface area (Å²) in [5.74, 6) is -0.667. The number of aromatic amines is 1. The monoisotopic (exact) mass is 267 g/mol. The maximum absolute atomic E-state index is 13.8. The van der Waals surface area contributed by atoms with Gasteiger partial charge >= 0.3 is 0 Å². The van der Waals surface area contributed by atoms with Crippen molar-refractivity contribution in [2.24, 2.45) is 0 Å². The minimum absolute atomic E-state index is 0.0671. The fourth-order valence-corrected chi connectivity index (χ4v) is 2.49. The second-order valence-electron chi connectivity index (χ2n) is 4.67. The van der Waals surface area contributed by atoms with Crippen molar-refractivity contribution < 1.29 is 14.2 Å². The van der Waals surface area contributed by atoms with E-state index in [0.717, 1.165) is 12.6 Å². The Balaban J connectivity index is 2.12. The van der Waals surface area contributed by atoms with E-state index in [9.17, 15) is 14.3 Å². The van der Waals surface area contributed by atoms with Crippen LogP contribution in [0.1, 0.15) is 26.0 Å². The van der Waals surface area contributed by atoms with Gasteiger partial charge in [0, 0.05) is 12.6 Å². The SMILES string of the molecule is CC[C@@H]1C[C@@H](O)[C@H](n2cc(F)c3c(=O)[nH]cnc32)O1. The van der Waals surface area contributed by atoms with Gasteiger partial charge in [-0.25, -0.2) is 9.37 Å². The number of aliphatic hydroxyl groups excluding tert-OH is 1. The number of halogens is 1. The predicted octanol–water partition coefficient (Wildman–Crippen LogP) is 0.922. The van der Waals surface area contributed by atoms with E-state index >= 15 is 0 Å². The molecule has 2 aromatic heterocycles. The Morgan fingerprint density at radius 1 is 1.68 bits per heavy atom. The lowest BCUT2D eigenvalue weighted by atomic mass is 10.1. The van der Waals surface area contributed by atoms with Crippen LogP contribution in [0.3, 0.4) is 0 Å². The van der Waals surface area contributed by atoms with Gasteiger partial charge in [-0.05, 0) is 6.42 Å². The van der Waals surface area contributed by atoms with Crippen molar-refractivity contribution in [3.8, 4) is 0 Å². The molecule has 6 nitrogen and oxygen atoms in total. The molecule has 1 aliphatic heterocycles. The number of aromatic nitrogens is 3. The fraction of sp³-hybridized carbons (Fsp3) is 0.500. The van der Waals surface area contributed by atoms with Crippen LogP contribution in [0, 0.1) is 5.82 Å². The van der Waals surface area contributed by atoms with Crippen LogP contribution in [0.25, 0.3) is 11.0 Å². The molecular weight excluding hydrogens is 253 g/mol. The summed E-state index contributed by atoms with van der Waals surface area (Å²) in [4.78, 5) is 17.9. The third-order valence-electron chi connectivity index (χ3n) is 3.46. The lowest BCUT2D eigenvalue weighted by Gasteiger charge is -2.16. The fourth-order valence-electron chi connectivity index (χ4n) is 2.49. The van der Waals surface area contributed by atoms with E-state index in [1.54, 1.807) is 0 Å². The lowest BCUT2D eigenvalue weighted by Crippen LogP contribution is -2.19. The maximum Gasteiger partial charge on any atom is 0.263 e. The predicted molar refractivity (Wildman–Crippen MR) is 65.1 cm³/mol. The molecule has 0 spiro atoms. The highest BCUT2D eigenvalue weighted by atomic mass is 19.1. The van der Waals surface area contributed by atoms with E-state index in [2.05, 4.69) is 9.97 Å². The Hall–Kier alpha value is -1.73. The van der Waals surface area contributed by atoms with Crippen molar-refractivity contribution >= 4 is 11.0 Å². The minimum Gasteiger partial charge on any atom is -0.388 e. The van der Waals surface area contributed by atoms with E-state index in [0.29, 0.717) is 6.42 Å². The van der Waals surface area contributed by atoms with E-state index in [-0.39, 0.29) is 17.1 Å². The van der Waals surface area contributed by atoms with Gasteiger partial charge in [-0.3, -0.25) is 4.79 Å². The highest BCUT2D eigenvalue weighted by Gasteiger charge is 2.35. The summed E-state index contributed by atoms with van der Waals surface area (Å²) in [5, 5.41) is 9.89. The highest BCUT2D eigenvalue weighted by molar-refractivity contribution is 5.75. The number of ether oxygens (including phenoxy) is 1. The van der Waals surface area contributed by atoms with Gasteiger partial charge in [-0.1, -0.05) is 6.92 Å². The van der Waals surface area contributed by atoms with Gasteiger partial charge in [0.25, 0.3) is 5.56 Å². The van der Waals surface area contributed by atoms with E-state index < -0.39 is 23.7 Å². The smallest absolute Gasteiger partial charge is 0.263 e. The molecule has 1 aliphatic rings. The number of nitrogens with one attached hydrogen (secondary N) is 1. The number of rotatable bonds is 2. The van der Waals surface area contributed by atoms with E-state index in [4.69, 9.17) is 4.74 Å². The summed E-state index contributed by atoms with van der Waals surface area (Å²) in [6.07, 6.45) is 2.11. The van der Waals surface area contributed by atoms with Gasteiger partial charge in [0.1, 0.15) is 11.5 Å². The zero-order valence-corrected chi connectivity index (χ0v) is 10.3. The Labute approximate surface area is 107 Å². The number of fused-ring (bicyclic) bond motifs is 1. The molecule has 0 aromatic carbocycles. The molecule has 0 radical (unpaired) electrons. The average molecular weight is 267 g/mol. The molecule has 3 rings (SSSR count). The van der Waals surface area contributed by atoms with Crippen molar-refractivity contribution in [3.63, 3.8) is 0 Å². The Kier molecular flexibility index (Phi) is 2.87. The number of nitrogens with zero attached hydrogens (tertiary/aromatic N) is 2. The third-order valence-corrected chi connectivity index (χ3v) is 3.46. The zero-order valence-electron chi connectivity index (χ0n) is 10.3. The molecule has 7 heteroatoms. The standard InChI is InChI=1S/C12H14FN3O3/c1-2-6-3-8(17)12(19-6)16-4-7(13)9-10(16)14-5-15-11(9)18/h4-6,8,12,17H,2-3H2,1H3,(H,14,15,18)/t6-,8-,12-/m1/s1. The van der Waals surface area contributed by atoms with Crippen molar-refractivity contribution in [1.82, 2.24) is 14.5 Å². The second-order valence-corrected chi connectivity index (χ2v) is 4.67. The highest BCUT2D eigenvalue weighted by Crippen LogP contribution is 2.32. The van der Waals surface area contributed by atoms with Crippen molar-refractivity contribution in [3.05, 3.63) is 28.7 Å². The number of H-pyrrole nitrogens is 1. The van der Waals surface area contributed by atoms with Crippen molar-refractivity contribution in [2.75, 3.05) is 0 Å². The van der Waals surface area contributed by atoms with Crippen LogP contribution >= 0.6 is 0 Å². The first kappa shape index (κ1) is 12.3. The molecule has 2 aromatic rings.